The molecular weight excluding hydrogens is 285 g/mol. The van der Waals surface area contributed by atoms with Crippen molar-refractivity contribution < 1.29 is 8.81 Å². The van der Waals surface area contributed by atoms with Gasteiger partial charge in [-0.15, -0.1) is 0 Å². The summed E-state index contributed by atoms with van der Waals surface area (Å²) in [6.45, 7) is 0. The van der Waals surface area contributed by atoms with Crippen LogP contribution in [0.25, 0.3) is 22.4 Å². The Hall–Kier alpha value is -1.68. The van der Waals surface area contributed by atoms with E-state index >= 15 is 0 Å². The topological polar surface area (TPSA) is 26.0 Å². The van der Waals surface area contributed by atoms with Gasteiger partial charge in [-0.05, 0) is 40.2 Å². The maximum absolute atomic E-state index is 13.5. The minimum Gasteiger partial charge on any atom is -0.451 e. The molecule has 0 atom stereocenters. The van der Waals surface area contributed by atoms with E-state index in [1.165, 1.54) is 6.07 Å². The molecule has 0 radical (unpaired) electrons. The van der Waals surface area contributed by atoms with Crippen LogP contribution in [0.15, 0.2) is 51.5 Å². The third-order valence-corrected chi connectivity index (χ3v) is 2.91. The second-order valence-corrected chi connectivity index (χ2v) is 4.43. The van der Waals surface area contributed by atoms with E-state index in [-0.39, 0.29) is 11.4 Å². The monoisotopic (exact) mass is 291 g/mol. The van der Waals surface area contributed by atoms with E-state index in [1.807, 2.05) is 24.3 Å². The Labute approximate surface area is 105 Å². The first kappa shape index (κ1) is 10.5. The first-order valence-corrected chi connectivity index (χ1v) is 5.84. The number of hydrogen-bond acceptors (Lipinski definition) is 2. The summed E-state index contributed by atoms with van der Waals surface area (Å²) >= 11 is 3.29. The summed E-state index contributed by atoms with van der Waals surface area (Å²) in [5, 5.41) is 0.738. The second kappa shape index (κ2) is 3.96. The number of pyridine rings is 1. The largest absolute Gasteiger partial charge is 0.451 e. The fourth-order valence-electron chi connectivity index (χ4n) is 1.70. The van der Waals surface area contributed by atoms with E-state index < -0.39 is 0 Å². The van der Waals surface area contributed by atoms with Crippen molar-refractivity contribution in [2.24, 2.45) is 0 Å². The van der Waals surface area contributed by atoms with Crippen LogP contribution in [0.2, 0.25) is 0 Å². The highest BCUT2D eigenvalue weighted by Crippen LogP contribution is 2.28. The molecule has 0 aliphatic rings. The highest BCUT2D eigenvalue weighted by Gasteiger charge is 2.10. The average Bonchev–Trinajstić information content (AvgIpc) is 2.74. The van der Waals surface area contributed by atoms with Crippen LogP contribution in [0.4, 0.5) is 4.39 Å². The quantitative estimate of drug-likeness (QED) is 0.621. The number of benzene rings is 1. The molecule has 0 aliphatic heterocycles. The Morgan fingerprint density at radius 2 is 1.94 bits per heavy atom. The second-order valence-electron chi connectivity index (χ2n) is 3.61. The number of fused-ring (bicyclic) bond motifs is 1. The summed E-state index contributed by atoms with van der Waals surface area (Å²) in [5.74, 6) is 0.204. The number of furan rings is 1. The van der Waals surface area contributed by atoms with Crippen LogP contribution in [-0.4, -0.2) is 4.98 Å². The first-order valence-electron chi connectivity index (χ1n) is 5.05. The zero-order valence-corrected chi connectivity index (χ0v) is 10.2. The molecule has 0 saturated carbocycles. The molecule has 3 aromatic rings. The van der Waals surface area contributed by atoms with Crippen LogP contribution in [0.3, 0.4) is 0 Å². The van der Waals surface area contributed by atoms with Crippen molar-refractivity contribution >= 4 is 26.9 Å². The van der Waals surface area contributed by atoms with E-state index in [2.05, 4.69) is 20.9 Å². The fourth-order valence-corrected chi connectivity index (χ4v) is 2.04. The fraction of sp³-hybridized carbons (Fsp3) is 0. The molecule has 3 rings (SSSR count). The normalized spacial score (nSPS) is 10.9. The van der Waals surface area contributed by atoms with Crippen LogP contribution < -0.4 is 0 Å². The van der Waals surface area contributed by atoms with Crippen LogP contribution in [0, 0.1) is 5.82 Å². The van der Waals surface area contributed by atoms with Crippen LogP contribution in [-0.2, 0) is 0 Å². The highest BCUT2D eigenvalue weighted by atomic mass is 79.9. The third kappa shape index (κ3) is 1.85. The van der Waals surface area contributed by atoms with E-state index in [9.17, 15) is 4.39 Å². The predicted octanol–water partition coefficient (Wildman–Crippen LogP) is 4.40. The number of aromatic nitrogens is 1. The molecule has 84 valence electrons. The van der Waals surface area contributed by atoms with Gasteiger partial charge >= 0.3 is 0 Å². The van der Waals surface area contributed by atoms with Crippen LogP contribution >= 0.6 is 15.9 Å². The molecule has 0 unspecified atom stereocenters. The number of hydrogen-bond donors (Lipinski definition) is 0. The Kier molecular flexibility index (Phi) is 2.44. The first-order chi connectivity index (χ1) is 8.24. The standard InChI is InChI=1S/C13H7BrFNO/c14-12-6-2-5-10(16-12)11-7-8-3-1-4-9(15)13(8)17-11/h1-7H. The van der Waals surface area contributed by atoms with Gasteiger partial charge in [0.2, 0.25) is 0 Å². The third-order valence-electron chi connectivity index (χ3n) is 2.46. The molecule has 0 spiro atoms. The molecule has 2 heterocycles. The molecule has 0 fully saturated rings. The molecule has 2 nitrogen and oxygen atoms in total. The predicted molar refractivity (Wildman–Crippen MR) is 67.1 cm³/mol. The highest BCUT2D eigenvalue weighted by molar-refractivity contribution is 9.10. The van der Waals surface area contributed by atoms with Crippen molar-refractivity contribution in [1.29, 1.82) is 0 Å². The van der Waals surface area contributed by atoms with E-state index in [0.717, 1.165) is 9.99 Å². The summed E-state index contributed by atoms with van der Waals surface area (Å²) in [5.41, 5.74) is 0.944. The summed E-state index contributed by atoms with van der Waals surface area (Å²) in [4.78, 5) is 4.27. The lowest BCUT2D eigenvalue weighted by Gasteiger charge is -1.95. The molecule has 0 N–H and O–H groups in total. The van der Waals surface area contributed by atoms with Gasteiger partial charge in [0.05, 0.1) is 0 Å². The van der Waals surface area contributed by atoms with E-state index in [1.54, 1.807) is 12.1 Å². The zero-order chi connectivity index (χ0) is 11.8. The van der Waals surface area contributed by atoms with Gasteiger partial charge in [0.1, 0.15) is 10.3 Å². The minimum absolute atomic E-state index is 0.268. The van der Waals surface area contributed by atoms with Crippen molar-refractivity contribution in [2.45, 2.75) is 0 Å². The van der Waals surface area contributed by atoms with Crippen molar-refractivity contribution in [3.63, 3.8) is 0 Å². The molecule has 0 bridgehead atoms. The Balaban J connectivity index is 2.22. The van der Waals surface area contributed by atoms with Crippen molar-refractivity contribution in [2.75, 3.05) is 0 Å². The summed E-state index contributed by atoms with van der Waals surface area (Å²) < 4.78 is 19.7. The van der Waals surface area contributed by atoms with Gasteiger partial charge in [-0.1, -0.05) is 18.2 Å². The van der Waals surface area contributed by atoms with Crippen molar-refractivity contribution in [1.82, 2.24) is 4.98 Å². The number of nitrogens with zero attached hydrogens (tertiary/aromatic N) is 1. The van der Waals surface area contributed by atoms with Crippen molar-refractivity contribution in [3.05, 3.63) is 52.9 Å². The number of halogens is 2. The minimum atomic E-state index is -0.358. The van der Waals surface area contributed by atoms with Crippen LogP contribution in [0.1, 0.15) is 0 Å². The Morgan fingerprint density at radius 3 is 2.71 bits per heavy atom. The van der Waals surface area contributed by atoms with Gasteiger partial charge in [0, 0.05) is 5.39 Å². The number of para-hydroxylation sites is 1. The maximum Gasteiger partial charge on any atom is 0.170 e. The molecule has 0 saturated heterocycles. The Morgan fingerprint density at radius 1 is 1.12 bits per heavy atom. The van der Waals surface area contributed by atoms with Crippen LogP contribution in [0.5, 0.6) is 0 Å². The molecular formula is C13H7BrFNO. The van der Waals surface area contributed by atoms with Crippen molar-refractivity contribution in [3.8, 4) is 11.5 Å². The molecule has 0 amide bonds. The van der Waals surface area contributed by atoms with Gasteiger partial charge in [-0.3, -0.25) is 0 Å². The molecule has 0 aliphatic carbocycles. The average molecular weight is 292 g/mol. The SMILES string of the molecule is Fc1cccc2cc(-c3cccc(Br)n3)oc12. The summed E-state index contributed by atoms with van der Waals surface area (Å²) in [6.07, 6.45) is 0. The lowest BCUT2D eigenvalue weighted by atomic mass is 10.2. The lowest BCUT2D eigenvalue weighted by Crippen LogP contribution is -1.80. The van der Waals surface area contributed by atoms with Gasteiger partial charge in [-0.25, -0.2) is 9.37 Å². The maximum atomic E-state index is 13.5. The molecule has 1 aromatic carbocycles. The van der Waals surface area contributed by atoms with E-state index in [4.69, 9.17) is 4.42 Å². The zero-order valence-electron chi connectivity index (χ0n) is 8.65. The van der Waals surface area contributed by atoms with Gasteiger partial charge in [0.25, 0.3) is 0 Å². The molecule has 17 heavy (non-hydrogen) atoms. The van der Waals surface area contributed by atoms with Gasteiger partial charge in [-0.2, -0.15) is 0 Å². The molecule has 4 heteroatoms. The van der Waals surface area contributed by atoms with Gasteiger partial charge in [0.15, 0.2) is 17.2 Å². The summed E-state index contributed by atoms with van der Waals surface area (Å²) in [6, 6.07) is 12.1. The Bertz CT molecular complexity index is 693. The smallest absolute Gasteiger partial charge is 0.170 e. The van der Waals surface area contributed by atoms with E-state index in [0.29, 0.717) is 11.5 Å². The summed E-state index contributed by atoms with van der Waals surface area (Å²) in [7, 11) is 0. The molecule has 2 aromatic heterocycles. The lowest BCUT2D eigenvalue weighted by molar-refractivity contribution is 0.567. The van der Waals surface area contributed by atoms with Gasteiger partial charge < -0.3 is 4.42 Å². The number of rotatable bonds is 1.